The second-order valence-electron chi connectivity index (χ2n) is 6.82. The third kappa shape index (κ3) is 5.57. The molecule has 0 aliphatic carbocycles. The average Bonchev–Trinajstić information content (AvgIpc) is 3.03. The Morgan fingerprint density at radius 3 is 2.93 bits per heavy atom. The Kier molecular flexibility index (Phi) is 6.87. The van der Waals surface area contributed by atoms with Crippen molar-refractivity contribution in [2.75, 3.05) is 19.6 Å². The molecule has 0 bridgehead atoms. The van der Waals surface area contributed by atoms with Crippen molar-refractivity contribution >= 4 is 23.4 Å². The Balaban J connectivity index is 1.44. The van der Waals surface area contributed by atoms with Crippen LogP contribution in [0.3, 0.4) is 0 Å². The SMILES string of the molecule is O=C(NCCCN1CCCCCC1=O)c1cnn(Cc2ccccc2Cl)c1. The van der Waals surface area contributed by atoms with Gasteiger partial charge in [-0.2, -0.15) is 5.10 Å². The van der Waals surface area contributed by atoms with Crippen molar-refractivity contribution in [3.63, 3.8) is 0 Å². The van der Waals surface area contributed by atoms with E-state index in [9.17, 15) is 9.59 Å². The number of carbonyl (C=O) groups is 2. The zero-order valence-corrected chi connectivity index (χ0v) is 16.1. The molecule has 0 atom stereocenters. The first kappa shape index (κ1) is 19.4. The maximum atomic E-state index is 12.3. The Morgan fingerprint density at radius 1 is 1.22 bits per heavy atom. The molecular formula is C20H25ClN4O2. The van der Waals surface area contributed by atoms with Crippen molar-refractivity contribution in [2.45, 2.75) is 38.6 Å². The van der Waals surface area contributed by atoms with Gasteiger partial charge in [0.1, 0.15) is 0 Å². The van der Waals surface area contributed by atoms with E-state index in [4.69, 9.17) is 11.6 Å². The van der Waals surface area contributed by atoms with Gasteiger partial charge >= 0.3 is 0 Å². The van der Waals surface area contributed by atoms with Gasteiger partial charge in [0, 0.05) is 37.3 Å². The summed E-state index contributed by atoms with van der Waals surface area (Å²) in [6.45, 7) is 2.59. The normalized spacial score (nSPS) is 14.9. The molecule has 0 unspecified atom stereocenters. The fraction of sp³-hybridized carbons (Fsp3) is 0.450. The van der Waals surface area contributed by atoms with Crippen molar-refractivity contribution in [3.05, 3.63) is 52.8 Å². The molecule has 1 aliphatic rings. The largest absolute Gasteiger partial charge is 0.352 e. The minimum Gasteiger partial charge on any atom is -0.352 e. The lowest BCUT2D eigenvalue weighted by Gasteiger charge is -2.20. The van der Waals surface area contributed by atoms with Crippen LogP contribution in [0.5, 0.6) is 0 Å². The van der Waals surface area contributed by atoms with Crippen LogP contribution < -0.4 is 5.32 Å². The standard InChI is InChI=1S/C20H25ClN4O2/c21-18-8-4-3-7-16(18)14-25-15-17(13-23-25)20(27)22-10-6-12-24-11-5-1-2-9-19(24)26/h3-4,7-8,13,15H,1-2,5-6,9-12,14H2,(H,22,27). The molecule has 1 fully saturated rings. The molecule has 1 aromatic heterocycles. The lowest BCUT2D eigenvalue weighted by Crippen LogP contribution is -2.33. The van der Waals surface area contributed by atoms with E-state index in [1.165, 1.54) is 0 Å². The maximum Gasteiger partial charge on any atom is 0.254 e. The van der Waals surface area contributed by atoms with E-state index in [1.54, 1.807) is 17.1 Å². The summed E-state index contributed by atoms with van der Waals surface area (Å²) >= 11 is 6.16. The van der Waals surface area contributed by atoms with Crippen LogP contribution >= 0.6 is 11.6 Å². The van der Waals surface area contributed by atoms with Gasteiger partial charge in [0.15, 0.2) is 0 Å². The zero-order valence-electron chi connectivity index (χ0n) is 15.4. The molecule has 3 rings (SSSR count). The summed E-state index contributed by atoms with van der Waals surface area (Å²) in [6.07, 6.45) is 7.87. The minimum absolute atomic E-state index is 0.150. The number of hydrogen-bond acceptors (Lipinski definition) is 3. The zero-order chi connectivity index (χ0) is 19.1. The first-order valence-electron chi connectivity index (χ1n) is 9.45. The monoisotopic (exact) mass is 388 g/mol. The lowest BCUT2D eigenvalue weighted by atomic mass is 10.2. The average molecular weight is 389 g/mol. The Morgan fingerprint density at radius 2 is 2.07 bits per heavy atom. The number of nitrogens with zero attached hydrogens (tertiary/aromatic N) is 3. The van der Waals surface area contributed by atoms with Crippen molar-refractivity contribution in [2.24, 2.45) is 0 Å². The quantitative estimate of drug-likeness (QED) is 0.741. The summed E-state index contributed by atoms with van der Waals surface area (Å²) in [5.41, 5.74) is 1.48. The van der Waals surface area contributed by atoms with Gasteiger partial charge < -0.3 is 10.2 Å². The fourth-order valence-corrected chi connectivity index (χ4v) is 3.41. The van der Waals surface area contributed by atoms with Crippen LogP contribution in [0.15, 0.2) is 36.7 Å². The third-order valence-corrected chi connectivity index (χ3v) is 5.12. The molecule has 6 nitrogen and oxygen atoms in total. The van der Waals surface area contributed by atoms with Crippen LogP contribution in [0.25, 0.3) is 0 Å². The van der Waals surface area contributed by atoms with Crippen LogP contribution in [-0.4, -0.2) is 46.1 Å². The van der Waals surface area contributed by atoms with Crippen LogP contribution in [0, 0.1) is 0 Å². The van der Waals surface area contributed by atoms with Crippen LogP contribution in [0.4, 0.5) is 0 Å². The molecule has 0 radical (unpaired) electrons. The topological polar surface area (TPSA) is 67.2 Å². The van der Waals surface area contributed by atoms with Crippen molar-refractivity contribution in [1.82, 2.24) is 20.0 Å². The Labute approximate surface area is 164 Å². The van der Waals surface area contributed by atoms with Gasteiger partial charge in [-0.15, -0.1) is 0 Å². The molecule has 27 heavy (non-hydrogen) atoms. The van der Waals surface area contributed by atoms with Gasteiger partial charge in [-0.25, -0.2) is 0 Å². The van der Waals surface area contributed by atoms with Crippen LogP contribution in [0.1, 0.15) is 48.0 Å². The summed E-state index contributed by atoms with van der Waals surface area (Å²) in [5.74, 6) is 0.0854. The number of hydrogen-bond donors (Lipinski definition) is 1. The first-order chi connectivity index (χ1) is 13.1. The van der Waals surface area contributed by atoms with Gasteiger partial charge in [-0.05, 0) is 30.9 Å². The molecule has 1 aliphatic heterocycles. The number of halogens is 1. The van der Waals surface area contributed by atoms with E-state index in [0.29, 0.717) is 36.6 Å². The molecule has 0 spiro atoms. The highest BCUT2D eigenvalue weighted by Gasteiger charge is 2.16. The molecule has 1 N–H and O–H groups in total. The molecule has 2 heterocycles. The Bertz CT molecular complexity index is 790. The van der Waals surface area contributed by atoms with E-state index in [2.05, 4.69) is 10.4 Å². The van der Waals surface area contributed by atoms with Gasteiger partial charge in [-0.3, -0.25) is 14.3 Å². The van der Waals surface area contributed by atoms with Crippen molar-refractivity contribution in [3.8, 4) is 0 Å². The summed E-state index contributed by atoms with van der Waals surface area (Å²) in [4.78, 5) is 26.2. The summed E-state index contributed by atoms with van der Waals surface area (Å²) in [7, 11) is 0. The minimum atomic E-state index is -0.150. The fourth-order valence-electron chi connectivity index (χ4n) is 3.22. The number of carbonyl (C=O) groups excluding carboxylic acids is 2. The maximum absolute atomic E-state index is 12.3. The van der Waals surface area contributed by atoms with E-state index in [-0.39, 0.29) is 11.8 Å². The summed E-state index contributed by atoms with van der Waals surface area (Å²) < 4.78 is 1.70. The van der Waals surface area contributed by atoms with E-state index >= 15 is 0 Å². The van der Waals surface area contributed by atoms with E-state index in [1.807, 2.05) is 29.2 Å². The number of aromatic nitrogens is 2. The number of nitrogens with one attached hydrogen (secondary N) is 1. The Hall–Kier alpha value is -2.34. The number of likely N-dealkylation sites (tertiary alicyclic amines) is 1. The molecule has 0 saturated carbocycles. The highest BCUT2D eigenvalue weighted by atomic mass is 35.5. The second-order valence-corrected chi connectivity index (χ2v) is 7.23. The van der Waals surface area contributed by atoms with Gasteiger partial charge in [-0.1, -0.05) is 36.2 Å². The highest BCUT2D eigenvalue weighted by Crippen LogP contribution is 2.16. The van der Waals surface area contributed by atoms with Gasteiger partial charge in [0.05, 0.1) is 18.3 Å². The van der Waals surface area contributed by atoms with Gasteiger partial charge in [0.2, 0.25) is 5.91 Å². The molecule has 2 aromatic rings. The summed E-state index contributed by atoms with van der Waals surface area (Å²) in [5, 5.41) is 7.82. The molecule has 2 amide bonds. The number of benzene rings is 1. The van der Waals surface area contributed by atoms with Gasteiger partial charge in [0.25, 0.3) is 5.91 Å². The predicted octanol–water partition coefficient (Wildman–Crippen LogP) is 3.11. The number of amides is 2. The van der Waals surface area contributed by atoms with Crippen molar-refractivity contribution < 1.29 is 9.59 Å². The smallest absolute Gasteiger partial charge is 0.254 e. The molecule has 7 heteroatoms. The number of rotatable bonds is 7. The molecule has 1 saturated heterocycles. The lowest BCUT2D eigenvalue weighted by molar-refractivity contribution is -0.130. The molecule has 144 valence electrons. The predicted molar refractivity (Wildman–Crippen MR) is 105 cm³/mol. The van der Waals surface area contributed by atoms with Crippen molar-refractivity contribution in [1.29, 1.82) is 0 Å². The molecular weight excluding hydrogens is 364 g/mol. The third-order valence-electron chi connectivity index (χ3n) is 4.75. The van der Waals surface area contributed by atoms with Crippen LogP contribution in [0.2, 0.25) is 5.02 Å². The van der Waals surface area contributed by atoms with Crippen LogP contribution in [-0.2, 0) is 11.3 Å². The van der Waals surface area contributed by atoms with E-state index < -0.39 is 0 Å². The summed E-state index contributed by atoms with van der Waals surface area (Å²) in [6, 6.07) is 7.58. The molecule has 1 aromatic carbocycles. The second kappa shape index (κ2) is 9.55. The highest BCUT2D eigenvalue weighted by molar-refractivity contribution is 6.31. The first-order valence-corrected chi connectivity index (χ1v) is 9.83. The van der Waals surface area contributed by atoms with E-state index in [0.717, 1.165) is 37.8 Å².